The summed E-state index contributed by atoms with van der Waals surface area (Å²) in [6, 6.07) is 2.10. The van der Waals surface area contributed by atoms with Gasteiger partial charge >= 0.3 is 0 Å². The second-order valence-electron chi connectivity index (χ2n) is 6.03. The van der Waals surface area contributed by atoms with Gasteiger partial charge in [-0.15, -0.1) is 0 Å². The number of anilines is 1. The van der Waals surface area contributed by atoms with E-state index in [4.69, 9.17) is 5.26 Å². The van der Waals surface area contributed by atoms with E-state index in [-0.39, 0.29) is 11.8 Å². The molecule has 0 atom stereocenters. The fourth-order valence-electron chi connectivity index (χ4n) is 3.04. The number of aromatic nitrogens is 2. The van der Waals surface area contributed by atoms with Crippen LogP contribution in [0.25, 0.3) is 0 Å². The monoisotopic (exact) mass is 315 g/mol. The van der Waals surface area contributed by atoms with E-state index < -0.39 is 0 Å². The number of hydrogen-bond acceptors (Lipinski definition) is 5. The van der Waals surface area contributed by atoms with Crippen LogP contribution < -0.4 is 10.2 Å². The van der Waals surface area contributed by atoms with Gasteiger partial charge in [-0.3, -0.25) is 4.79 Å². The Bertz CT molecular complexity index is 556. The molecule has 0 radical (unpaired) electrons. The summed E-state index contributed by atoms with van der Waals surface area (Å²) in [5.74, 6) is 1.48. The predicted octanol–water partition coefficient (Wildman–Crippen LogP) is 2.12. The number of nitrogens with zero attached hydrogens (tertiary/aromatic N) is 4. The molecule has 1 aromatic rings. The van der Waals surface area contributed by atoms with Crippen molar-refractivity contribution in [3.05, 3.63) is 18.1 Å². The van der Waals surface area contributed by atoms with Gasteiger partial charge in [0.05, 0.1) is 0 Å². The van der Waals surface area contributed by atoms with Gasteiger partial charge in [-0.1, -0.05) is 13.8 Å². The summed E-state index contributed by atoms with van der Waals surface area (Å²) >= 11 is 0. The third kappa shape index (κ3) is 4.41. The van der Waals surface area contributed by atoms with E-state index in [1.54, 1.807) is 12.4 Å². The normalized spacial score (nSPS) is 15.5. The van der Waals surface area contributed by atoms with E-state index in [1.165, 1.54) is 0 Å². The minimum atomic E-state index is 0.132. The average Bonchev–Trinajstić information content (AvgIpc) is 2.61. The summed E-state index contributed by atoms with van der Waals surface area (Å²) in [6.07, 6.45) is 6.93. The minimum absolute atomic E-state index is 0.132. The molecular weight excluding hydrogens is 290 g/mol. The van der Waals surface area contributed by atoms with Gasteiger partial charge in [0.25, 0.3) is 0 Å². The third-order valence-corrected chi connectivity index (χ3v) is 4.62. The third-order valence-electron chi connectivity index (χ3n) is 4.62. The lowest BCUT2D eigenvalue weighted by molar-refractivity contribution is -0.125. The van der Waals surface area contributed by atoms with Gasteiger partial charge in [0.1, 0.15) is 6.07 Å². The van der Waals surface area contributed by atoms with E-state index >= 15 is 0 Å². The molecule has 0 saturated carbocycles. The lowest BCUT2D eigenvalue weighted by atomic mass is 9.96. The zero-order chi connectivity index (χ0) is 16.7. The second kappa shape index (κ2) is 8.47. The Labute approximate surface area is 137 Å². The summed E-state index contributed by atoms with van der Waals surface area (Å²) in [4.78, 5) is 22.5. The van der Waals surface area contributed by atoms with Gasteiger partial charge in [0, 0.05) is 37.9 Å². The second-order valence-corrected chi connectivity index (χ2v) is 6.03. The highest BCUT2D eigenvalue weighted by atomic mass is 16.1. The maximum absolute atomic E-state index is 12.0. The first-order valence-corrected chi connectivity index (χ1v) is 8.43. The summed E-state index contributed by atoms with van der Waals surface area (Å²) in [5.41, 5.74) is 0.382. The van der Waals surface area contributed by atoms with Crippen molar-refractivity contribution in [1.82, 2.24) is 15.3 Å². The van der Waals surface area contributed by atoms with Crippen molar-refractivity contribution < 1.29 is 4.79 Å². The summed E-state index contributed by atoms with van der Waals surface area (Å²) in [6.45, 7) is 6.55. The van der Waals surface area contributed by atoms with E-state index in [0.29, 0.717) is 17.4 Å². The molecule has 2 heterocycles. The van der Waals surface area contributed by atoms with Crippen LogP contribution in [-0.2, 0) is 4.79 Å². The number of carbonyl (C=O) groups excluding carboxylic acids is 1. The first kappa shape index (κ1) is 17.2. The zero-order valence-corrected chi connectivity index (χ0v) is 14.0. The molecule has 1 fully saturated rings. The predicted molar refractivity (Wildman–Crippen MR) is 88.8 cm³/mol. The molecule has 0 bridgehead atoms. The largest absolute Gasteiger partial charge is 0.356 e. The standard InChI is InChI=1S/C17H25N5O/c1-3-14(4-2)17(23)21-12-13-5-9-22(10-6-13)16-15(11-18)19-7-8-20-16/h7-8,13-14H,3-6,9-10,12H2,1-2H3,(H,21,23). The van der Waals surface area contributed by atoms with Gasteiger partial charge in [-0.2, -0.15) is 5.26 Å². The molecule has 1 N–H and O–H groups in total. The molecule has 1 amide bonds. The van der Waals surface area contributed by atoms with Gasteiger partial charge < -0.3 is 10.2 Å². The van der Waals surface area contributed by atoms with Crippen LogP contribution in [0.2, 0.25) is 0 Å². The molecule has 6 heteroatoms. The number of piperidine rings is 1. The Hall–Kier alpha value is -2.16. The van der Waals surface area contributed by atoms with Crippen LogP contribution in [0.4, 0.5) is 5.82 Å². The Morgan fingerprint density at radius 3 is 2.61 bits per heavy atom. The molecule has 1 saturated heterocycles. The highest BCUT2D eigenvalue weighted by Crippen LogP contribution is 2.23. The van der Waals surface area contributed by atoms with Crippen LogP contribution in [0, 0.1) is 23.2 Å². The molecule has 0 spiro atoms. The fourth-order valence-corrected chi connectivity index (χ4v) is 3.04. The first-order valence-electron chi connectivity index (χ1n) is 8.43. The SMILES string of the molecule is CCC(CC)C(=O)NCC1CCN(c2nccnc2C#N)CC1. The van der Waals surface area contributed by atoms with Crippen LogP contribution in [0.3, 0.4) is 0 Å². The molecule has 1 aromatic heterocycles. The van der Waals surface area contributed by atoms with E-state index in [9.17, 15) is 4.79 Å². The van der Waals surface area contributed by atoms with Crippen LogP contribution in [0.1, 0.15) is 45.2 Å². The number of carbonyl (C=O) groups is 1. The van der Waals surface area contributed by atoms with Crippen LogP contribution in [0.15, 0.2) is 12.4 Å². The minimum Gasteiger partial charge on any atom is -0.356 e. The van der Waals surface area contributed by atoms with E-state index in [0.717, 1.165) is 45.3 Å². The highest BCUT2D eigenvalue weighted by Gasteiger charge is 2.23. The lowest BCUT2D eigenvalue weighted by Crippen LogP contribution is -2.40. The topological polar surface area (TPSA) is 81.9 Å². The van der Waals surface area contributed by atoms with Crippen LogP contribution >= 0.6 is 0 Å². The zero-order valence-electron chi connectivity index (χ0n) is 14.0. The van der Waals surface area contributed by atoms with Crippen molar-refractivity contribution in [3.63, 3.8) is 0 Å². The molecule has 6 nitrogen and oxygen atoms in total. The van der Waals surface area contributed by atoms with Crippen molar-refractivity contribution in [1.29, 1.82) is 5.26 Å². The van der Waals surface area contributed by atoms with Gasteiger partial charge in [-0.05, 0) is 31.6 Å². The number of amides is 1. The van der Waals surface area contributed by atoms with Gasteiger partial charge in [0.15, 0.2) is 11.5 Å². The average molecular weight is 315 g/mol. The maximum atomic E-state index is 12.0. The van der Waals surface area contributed by atoms with Crippen molar-refractivity contribution >= 4 is 11.7 Å². The summed E-state index contributed by atoms with van der Waals surface area (Å²) in [5, 5.41) is 12.2. The lowest BCUT2D eigenvalue weighted by Gasteiger charge is -2.33. The molecule has 124 valence electrons. The summed E-state index contributed by atoms with van der Waals surface area (Å²) < 4.78 is 0. The van der Waals surface area contributed by atoms with Crippen molar-refractivity contribution in [2.24, 2.45) is 11.8 Å². The molecule has 1 aliphatic heterocycles. The van der Waals surface area contributed by atoms with E-state index in [2.05, 4.69) is 40.1 Å². The molecule has 0 aliphatic carbocycles. The fraction of sp³-hybridized carbons (Fsp3) is 0.647. The van der Waals surface area contributed by atoms with Gasteiger partial charge in [0.2, 0.25) is 5.91 Å². The van der Waals surface area contributed by atoms with Crippen molar-refractivity contribution in [3.8, 4) is 6.07 Å². The number of nitrogens with one attached hydrogen (secondary N) is 1. The molecular formula is C17H25N5O. The maximum Gasteiger partial charge on any atom is 0.223 e. The Morgan fingerprint density at radius 1 is 1.35 bits per heavy atom. The van der Waals surface area contributed by atoms with Crippen molar-refractivity contribution in [2.75, 3.05) is 24.5 Å². The quantitative estimate of drug-likeness (QED) is 0.869. The number of nitriles is 1. The van der Waals surface area contributed by atoms with Crippen LogP contribution in [0.5, 0.6) is 0 Å². The molecule has 0 unspecified atom stereocenters. The first-order chi connectivity index (χ1) is 11.2. The molecule has 2 rings (SSSR count). The molecule has 23 heavy (non-hydrogen) atoms. The van der Waals surface area contributed by atoms with Gasteiger partial charge in [-0.25, -0.2) is 9.97 Å². The van der Waals surface area contributed by atoms with Crippen molar-refractivity contribution in [2.45, 2.75) is 39.5 Å². The van der Waals surface area contributed by atoms with E-state index in [1.807, 2.05) is 0 Å². The van der Waals surface area contributed by atoms with Crippen LogP contribution in [-0.4, -0.2) is 35.5 Å². The number of hydrogen-bond donors (Lipinski definition) is 1. The Morgan fingerprint density at radius 2 is 2.00 bits per heavy atom. The summed E-state index contributed by atoms with van der Waals surface area (Å²) in [7, 11) is 0. The molecule has 1 aliphatic rings. The smallest absolute Gasteiger partial charge is 0.223 e. The number of rotatable bonds is 6. The Kier molecular flexibility index (Phi) is 6.33. The Balaban J connectivity index is 1.82. The highest BCUT2D eigenvalue weighted by molar-refractivity contribution is 5.78. The molecule has 0 aromatic carbocycles.